The second kappa shape index (κ2) is 5.13. The first-order chi connectivity index (χ1) is 8.95. The third-order valence-electron chi connectivity index (χ3n) is 3.76. The predicted octanol–water partition coefficient (Wildman–Crippen LogP) is 1.91. The molecule has 0 aromatic heterocycles. The van der Waals surface area contributed by atoms with Gasteiger partial charge in [0.15, 0.2) is 11.2 Å². The maximum absolute atomic E-state index is 12.1. The Morgan fingerprint density at radius 1 is 1.42 bits per heavy atom. The maximum atomic E-state index is 12.1. The third-order valence-corrected chi connectivity index (χ3v) is 3.76. The van der Waals surface area contributed by atoms with E-state index in [0.29, 0.717) is 6.61 Å². The molecule has 0 bridgehead atoms. The molecule has 1 aliphatic heterocycles. The fourth-order valence-electron chi connectivity index (χ4n) is 2.45. The van der Waals surface area contributed by atoms with Gasteiger partial charge in [0.05, 0.1) is 13.2 Å². The van der Waals surface area contributed by atoms with Gasteiger partial charge in [-0.15, -0.1) is 0 Å². The summed E-state index contributed by atoms with van der Waals surface area (Å²) in [4.78, 5) is 23.7. The fraction of sp³-hybridized carbons (Fsp3) is 0.467. The third kappa shape index (κ3) is 2.54. The highest BCUT2D eigenvalue weighted by Crippen LogP contribution is 2.31. The van der Waals surface area contributed by atoms with E-state index in [1.54, 1.807) is 0 Å². The van der Waals surface area contributed by atoms with Crippen LogP contribution in [-0.4, -0.2) is 30.1 Å². The molecule has 2 rings (SSSR count). The molecule has 1 N–H and O–H groups in total. The molecule has 1 heterocycles. The minimum Gasteiger partial charge on any atom is -0.480 e. The number of benzene rings is 1. The van der Waals surface area contributed by atoms with Crippen LogP contribution in [0.1, 0.15) is 23.1 Å². The number of carboxylic acids is 1. The first-order valence-electron chi connectivity index (χ1n) is 6.36. The summed E-state index contributed by atoms with van der Waals surface area (Å²) in [6, 6.07) is 5.88. The minimum atomic E-state index is -1.42. The highest BCUT2D eigenvalue weighted by atomic mass is 16.5. The molecule has 4 nitrogen and oxygen atoms in total. The zero-order chi connectivity index (χ0) is 14.0. The molecular formula is C15H18O4. The van der Waals surface area contributed by atoms with Gasteiger partial charge in [-0.1, -0.05) is 23.8 Å². The second-order valence-corrected chi connectivity index (χ2v) is 5.22. The first kappa shape index (κ1) is 13.7. The average Bonchev–Trinajstić information content (AvgIpc) is 2.36. The summed E-state index contributed by atoms with van der Waals surface area (Å²) >= 11 is 0. The van der Waals surface area contributed by atoms with Crippen LogP contribution in [0, 0.1) is 19.3 Å². The lowest BCUT2D eigenvalue weighted by Gasteiger charge is -2.32. The molecule has 0 amide bonds. The summed E-state index contributed by atoms with van der Waals surface area (Å²) in [5.41, 5.74) is 1.55. The van der Waals surface area contributed by atoms with Crippen LogP contribution in [0.15, 0.2) is 18.2 Å². The normalized spacial score (nSPS) is 23.4. The number of hydrogen-bond acceptors (Lipinski definition) is 3. The molecule has 0 saturated carbocycles. The van der Waals surface area contributed by atoms with Crippen molar-refractivity contribution in [3.63, 3.8) is 0 Å². The molecule has 0 spiro atoms. The van der Waals surface area contributed by atoms with E-state index >= 15 is 0 Å². The predicted molar refractivity (Wildman–Crippen MR) is 70.1 cm³/mol. The van der Waals surface area contributed by atoms with Crippen molar-refractivity contribution in [1.29, 1.82) is 0 Å². The molecule has 1 unspecified atom stereocenters. The Labute approximate surface area is 112 Å². The monoisotopic (exact) mass is 262 g/mol. The van der Waals surface area contributed by atoms with Crippen molar-refractivity contribution in [2.24, 2.45) is 5.41 Å². The van der Waals surface area contributed by atoms with E-state index < -0.39 is 11.4 Å². The lowest BCUT2D eigenvalue weighted by Crippen LogP contribution is -2.48. The van der Waals surface area contributed by atoms with Crippen LogP contribution in [0.2, 0.25) is 0 Å². The molecule has 1 aliphatic rings. The van der Waals surface area contributed by atoms with Gasteiger partial charge >= 0.3 is 5.97 Å². The van der Waals surface area contributed by atoms with Crippen molar-refractivity contribution >= 4 is 11.8 Å². The number of Topliss-reactive ketones (excluding diaryl/α,β-unsaturated/α-hetero) is 1. The maximum Gasteiger partial charge on any atom is 0.319 e. The van der Waals surface area contributed by atoms with Crippen LogP contribution in [0.25, 0.3) is 0 Å². The van der Waals surface area contributed by atoms with Gasteiger partial charge in [-0.2, -0.15) is 0 Å². The number of aryl methyl sites for hydroxylation is 2. The lowest BCUT2D eigenvalue weighted by atomic mass is 9.75. The van der Waals surface area contributed by atoms with E-state index in [2.05, 4.69) is 0 Å². The molecule has 1 saturated heterocycles. The highest BCUT2D eigenvalue weighted by molar-refractivity contribution is 6.04. The van der Waals surface area contributed by atoms with E-state index in [4.69, 9.17) is 4.74 Å². The van der Waals surface area contributed by atoms with Gasteiger partial charge in [-0.3, -0.25) is 9.59 Å². The Bertz CT molecular complexity index is 521. The van der Waals surface area contributed by atoms with Gasteiger partial charge < -0.3 is 9.84 Å². The van der Waals surface area contributed by atoms with E-state index in [0.717, 1.165) is 16.7 Å². The van der Waals surface area contributed by atoms with Crippen LogP contribution >= 0.6 is 0 Å². The first-order valence-corrected chi connectivity index (χ1v) is 6.36. The quantitative estimate of drug-likeness (QED) is 0.845. The van der Waals surface area contributed by atoms with E-state index in [1.165, 1.54) is 0 Å². The van der Waals surface area contributed by atoms with Gasteiger partial charge in [0.2, 0.25) is 0 Å². The van der Waals surface area contributed by atoms with Crippen molar-refractivity contribution in [2.75, 3.05) is 13.2 Å². The smallest absolute Gasteiger partial charge is 0.319 e. The SMILES string of the molecule is Cc1ccc(C)c(CC2(C(=O)O)COCCC2=O)c1. The van der Waals surface area contributed by atoms with Crippen LogP contribution in [0.4, 0.5) is 0 Å². The topological polar surface area (TPSA) is 63.6 Å². The van der Waals surface area contributed by atoms with Crippen molar-refractivity contribution in [2.45, 2.75) is 26.7 Å². The number of ether oxygens (including phenoxy) is 1. The number of aliphatic carboxylic acids is 1. The van der Waals surface area contributed by atoms with E-state index in [-0.39, 0.29) is 25.2 Å². The Kier molecular flexibility index (Phi) is 3.71. The van der Waals surface area contributed by atoms with Crippen molar-refractivity contribution < 1.29 is 19.4 Å². The summed E-state index contributed by atoms with van der Waals surface area (Å²) < 4.78 is 5.26. The Hall–Kier alpha value is -1.68. The summed E-state index contributed by atoms with van der Waals surface area (Å²) in [6.45, 7) is 4.17. The molecule has 1 fully saturated rings. The molecule has 1 aromatic carbocycles. The van der Waals surface area contributed by atoms with Crippen LogP contribution < -0.4 is 0 Å². The second-order valence-electron chi connectivity index (χ2n) is 5.22. The molecule has 1 aromatic rings. The molecule has 1 atom stereocenters. The van der Waals surface area contributed by atoms with Crippen LogP contribution in [0.3, 0.4) is 0 Å². The van der Waals surface area contributed by atoms with Gasteiger partial charge in [-0.25, -0.2) is 0 Å². The minimum absolute atomic E-state index is 0.0332. The number of rotatable bonds is 3. The Morgan fingerprint density at radius 2 is 2.16 bits per heavy atom. The molecule has 102 valence electrons. The highest BCUT2D eigenvalue weighted by Gasteiger charge is 2.48. The van der Waals surface area contributed by atoms with Gasteiger partial charge in [0.1, 0.15) is 0 Å². The van der Waals surface area contributed by atoms with Gasteiger partial charge in [0.25, 0.3) is 0 Å². The Balaban J connectivity index is 2.38. The molecule has 4 heteroatoms. The number of carboxylic acid groups (broad SMARTS) is 1. The molecule has 0 radical (unpaired) electrons. The standard InChI is InChI=1S/C15H18O4/c1-10-3-4-11(2)12(7-10)8-15(14(17)18)9-19-6-5-13(15)16/h3-4,7H,5-6,8-9H2,1-2H3,(H,17,18). The average molecular weight is 262 g/mol. The molecular weight excluding hydrogens is 244 g/mol. The summed E-state index contributed by atoms with van der Waals surface area (Å²) in [5.74, 6) is -1.31. The van der Waals surface area contributed by atoms with E-state index in [9.17, 15) is 14.7 Å². The molecule has 0 aliphatic carbocycles. The van der Waals surface area contributed by atoms with Crippen LogP contribution in [-0.2, 0) is 20.7 Å². The lowest BCUT2D eigenvalue weighted by molar-refractivity contribution is -0.164. The summed E-state index contributed by atoms with van der Waals surface area (Å²) in [6.07, 6.45) is 0.381. The van der Waals surface area contributed by atoms with Crippen LogP contribution in [0.5, 0.6) is 0 Å². The largest absolute Gasteiger partial charge is 0.480 e. The summed E-state index contributed by atoms with van der Waals surface area (Å²) in [7, 11) is 0. The Morgan fingerprint density at radius 3 is 2.79 bits per heavy atom. The molecule has 19 heavy (non-hydrogen) atoms. The zero-order valence-electron chi connectivity index (χ0n) is 11.2. The van der Waals surface area contributed by atoms with Crippen molar-refractivity contribution in [3.05, 3.63) is 34.9 Å². The van der Waals surface area contributed by atoms with Gasteiger partial charge in [-0.05, 0) is 31.4 Å². The summed E-state index contributed by atoms with van der Waals surface area (Å²) in [5, 5.41) is 9.48. The van der Waals surface area contributed by atoms with E-state index in [1.807, 2.05) is 32.0 Å². The van der Waals surface area contributed by atoms with Crippen molar-refractivity contribution in [1.82, 2.24) is 0 Å². The van der Waals surface area contributed by atoms with Crippen molar-refractivity contribution in [3.8, 4) is 0 Å². The number of carbonyl (C=O) groups excluding carboxylic acids is 1. The zero-order valence-corrected chi connectivity index (χ0v) is 11.2. The number of ketones is 1. The van der Waals surface area contributed by atoms with Gasteiger partial charge in [0, 0.05) is 6.42 Å². The number of carbonyl (C=O) groups is 2. The fourth-order valence-corrected chi connectivity index (χ4v) is 2.45. The number of hydrogen-bond donors (Lipinski definition) is 1.